The Labute approximate surface area is 133 Å². The minimum absolute atomic E-state index is 0.00212. The molecular formula is C16H19N3O2S. The second-order valence-electron chi connectivity index (χ2n) is 5.31. The van der Waals surface area contributed by atoms with Crippen LogP contribution in [0.25, 0.3) is 10.9 Å². The first kappa shape index (κ1) is 15.2. The van der Waals surface area contributed by atoms with Crippen LogP contribution in [0.3, 0.4) is 0 Å². The Bertz CT molecular complexity index is 673. The van der Waals surface area contributed by atoms with Crippen molar-refractivity contribution in [2.45, 2.75) is 23.8 Å². The molecule has 0 bridgehead atoms. The van der Waals surface area contributed by atoms with E-state index in [0.29, 0.717) is 24.8 Å². The van der Waals surface area contributed by atoms with E-state index in [1.807, 2.05) is 24.3 Å². The molecule has 1 aliphatic carbocycles. The summed E-state index contributed by atoms with van der Waals surface area (Å²) in [6, 6.07) is 7.98. The summed E-state index contributed by atoms with van der Waals surface area (Å²) in [4.78, 5) is 21.2. The fourth-order valence-corrected chi connectivity index (χ4v) is 3.03. The van der Waals surface area contributed by atoms with Crippen molar-refractivity contribution < 1.29 is 9.53 Å². The van der Waals surface area contributed by atoms with Crippen LogP contribution in [0, 0.1) is 0 Å². The van der Waals surface area contributed by atoms with Gasteiger partial charge in [-0.1, -0.05) is 30.0 Å². The molecule has 116 valence electrons. The van der Waals surface area contributed by atoms with Crippen molar-refractivity contribution in [3.63, 3.8) is 0 Å². The van der Waals surface area contributed by atoms with Crippen molar-refractivity contribution in [1.29, 1.82) is 0 Å². The number of amides is 1. The molecule has 2 aromatic rings. The number of carbonyl (C=O) groups is 1. The third-order valence-electron chi connectivity index (χ3n) is 3.50. The maximum absolute atomic E-state index is 11.8. The van der Waals surface area contributed by atoms with Gasteiger partial charge in [0.2, 0.25) is 5.91 Å². The van der Waals surface area contributed by atoms with E-state index in [4.69, 9.17) is 4.74 Å². The summed E-state index contributed by atoms with van der Waals surface area (Å²) in [6.45, 7) is 1.06. The summed E-state index contributed by atoms with van der Waals surface area (Å²) in [5.74, 6) is 1.77. The van der Waals surface area contributed by atoms with Gasteiger partial charge in [-0.25, -0.2) is 9.97 Å². The molecule has 1 aromatic carbocycles. The molecule has 1 saturated carbocycles. The summed E-state index contributed by atoms with van der Waals surface area (Å²) in [5.41, 5.74) is 0.960. The Balaban J connectivity index is 1.73. The van der Waals surface area contributed by atoms with Gasteiger partial charge in [-0.05, 0) is 18.9 Å². The molecule has 22 heavy (non-hydrogen) atoms. The first-order valence-electron chi connectivity index (χ1n) is 7.43. The standard InChI is InChI=1S/C16H19N3O2S/c1-21-9-8-17-14(20)10-22-16-12-4-2-3-5-13(12)18-15(19-16)11-6-7-11/h2-5,11H,6-10H2,1H3,(H,17,20). The number of para-hydroxylation sites is 1. The van der Waals surface area contributed by atoms with E-state index in [9.17, 15) is 4.79 Å². The Morgan fingerprint density at radius 3 is 2.95 bits per heavy atom. The zero-order chi connectivity index (χ0) is 15.4. The molecule has 3 rings (SSSR count). The van der Waals surface area contributed by atoms with Crippen LogP contribution in [-0.4, -0.2) is 41.9 Å². The smallest absolute Gasteiger partial charge is 0.230 e. The van der Waals surface area contributed by atoms with Gasteiger partial charge in [-0.15, -0.1) is 0 Å². The largest absolute Gasteiger partial charge is 0.383 e. The second kappa shape index (κ2) is 7.07. The normalized spacial score (nSPS) is 14.2. The number of aromatic nitrogens is 2. The maximum atomic E-state index is 11.8. The monoisotopic (exact) mass is 317 g/mol. The van der Waals surface area contributed by atoms with Crippen molar-refractivity contribution in [3.05, 3.63) is 30.1 Å². The lowest BCUT2D eigenvalue weighted by Gasteiger charge is -2.08. The topological polar surface area (TPSA) is 64.1 Å². The zero-order valence-corrected chi connectivity index (χ0v) is 13.4. The number of hydrogen-bond donors (Lipinski definition) is 1. The summed E-state index contributed by atoms with van der Waals surface area (Å²) in [5, 5.41) is 4.74. The van der Waals surface area contributed by atoms with Gasteiger partial charge in [0, 0.05) is 25.0 Å². The van der Waals surface area contributed by atoms with Crippen molar-refractivity contribution >= 4 is 28.6 Å². The maximum Gasteiger partial charge on any atom is 0.230 e. The van der Waals surface area contributed by atoms with Crippen LogP contribution >= 0.6 is 11.8 Å². The summed E-state index contributed by atoms with van der Waals surface area (Å²) < 4.78 is 4.92. The van der Waals surface area contributed by atoms with Crippen LogP contribution in [-0.2, 0) is 9.53 Å². The molecule has 0 spiro atoms. The molecule has 1 fully saturated rings. The quantitative estimate of drug-likeness (QED) is 0.482. The summed E-state index contributed by atoms with van der Waals surface area (Å²) in [7, 11) is 1.62. The number of nitrogens with zero attached hydrogens (tertiary/aromatic N) is 2. The van der Waals surface area contributed by atoms with Crippen LogP contribution in [0.4, 0.5) is 0 Å². The number of fused-ring (bicyclic) bond motifs is 1. The summed E-state index contributed by atoms with van der Waals surface area (Å²) >= 11 is 1.47. The first-order chi connectivity index (χ1) is 10.8. The Morgan fingerprint density at radius 2 is 2.18 bits per heavy atom. The zero-order valence-electron chi connectivity index (χ0n) is 12.5. The van der Waals surface area contributed by atoms with E-state index in [1.54, 1.807) is 7.11 Å². The lowest BCUT2D eigenvalue weighted by atomic mass is 10.2. The number of benzene rings is 1. The van der Waals surface area contributed by atoms with Crippen LogP contribution in [0.15, 0.2) is 29.3 Å². The molecular weight excluding hydrogens is 298 g/mol. The van der Waals surface area contributed by atoms with E-state index in [0.717, 1.165) is 21.8 Å². The van der Waals surface area contributed by atoms with Crippen molar-refractivity contribution in [3.8, 4) is 0 Å². The van der Waals surface area contributed by atoms with E-state index < -0.39 is 0 Å². The SMILES string of the molecule is COCCNC(=O)CSc1nc(C2CC2)nc2ccccc12. The molecule has 0 radical (unpaired) electrons. The lowest BCUT2D eigenvalue weighted by molar-refractivity contribution is -0.118. The van der Waals surface area contributed by atoms with Gasteiger partial charge in [-0.3, -0.25) is 4.79 Å². The molecule has 1 heterocycles. The molecule has 1 aliphatic rings. The van der Waals surface area contributed by atoms with Gasteiger partial charge in [0.15, 0.2) is 0 Å². The molecule has 0 atom stereocenters. The van der Waals surface area contributed by atoms with Gasteiger partial charge >= 0.3 is 0 Å². The molecule has 0 aliphatic heterocycles. The number of nitrogens with one attached hydrogen (secondary N) is 1. The van der Waals surface area contributed by atoms with Gasteiger partial charge in [0.05, 0.1) is 17.9 Å². The van der Waals surface area contributed by atoms with Crippen LogP contribution in [0.2, 0.25) is 0 Å². The lowest BCUT2D eigenvalue weighted by Crippen LogP contribution is -2.28. The highest BCUT2D eigenvalue weighted by atomic mass is 32.2. The number of ether oxygens (including phenoxy) is 1. The molecule has 0 unspecified atom stereocenters. The molecule has 1 N–H and O–H groups in total. The van der Waals surface area contributed by atoms with Gasteiger partial charge in [0.25, 0.3) is 0 Å². The minimum atomic E-state index is -0.00212. The van der Waals surface area contributed by atoms with Gasteiger partial charge in [0.1, 0.15) is 10.9 Å². The van der Waals surface area contributed by atoms with Gasteiger partial charge in [-0.2, -0.15) is 0 Å². The molecule has 5 nitrogen and oxygen atoms in total. The van der Waals surface area contributed by atoms with E-state index in [-0.39, 0.29) is 5.91 Å². The number of thioether (sulfide) groups is 1. The highest BCUT2D eigenvalue weighted by Gasteiger charge is 2.27. The molecule has 6 heteroatoms. The minimum Gasteiger partial charge on any atom is -0.383 e. The summed E-state index contributed by atoms with van der Waals surface area (Å²) in [6.07, 6.45) is 2.33. The molecule has 0 saturated heterocycles. The highest BCUT2D eigenvalue weighted by Crippen LogP contribution is 2.39. The Morgan fingerprint density at radius 1 is 1.36 bits per heavy atom. The van der Waals surface area contributed by atoms with Crippen molar-refractivity contribution in [1.82, 2.24) is 15.3 Å². The number of hydrogen-bond acceptors (Lipinski definition) is 5. The molecule has 1 amide bonds. The van der Waals surface area contributed by atoms with Gasteiger partial charge < -0.3 is 10.1 Å². The average Bonchev–Trinajstić information content (AvgIpc) is 3.37. The fraction of sp³-hybridized carbons (Fsp3) is 0.438. The van der Waals surface area contributed by atoms with E-state index in [1.165, 1.54) is 24.6 Å². The predicted octanol–water partition coefficient (Wildman–Crippen LogP) is 2.36. The fourth-order valence-electron chi connectivity index (χ4n) is 2.18. The number of methoxy groups -OCH3 is 1. The molecule has 1 aromatic heterocycles. The van der Waals surface area contributed by atoms with Crippen LogP contribution in [0.5, 0.6) is 0 Å². The Hall–Kier alpha value is -1.66. The van der Waals surface area contributed by atoms with E-state index >= 15 is 0 Å². The third-order valence-corrected chi connectivity index (χ3v) is 4.49. The van der Waals surface area contributed by atoms with Crippen LogP contribution in [0.1, 0.15) is 24.6 Å². The van der Waals surface area contributed by atoms with Crippen molar-refractivity contribution in [2.24, 2.45) is 0 Å². The second-order valence-corrected chi connectivity index (χ2v) is 6.27. The Kier molecular flexibility index (Phi) is 4.90. The van der Waals surface area contributed by atoms with Crippen molar-refractivity contribution in [2.75, 3.05) is 26.0 Å². The first-order valence-corrected chi connectivity index (χ1v) is 8.41. The number of carbonyl (C=O) groups excluding carboxylic acids is 1. The van der Waals surface area contributed by atoms with Crippen LogP contribution < -0.4 is 5.32 Å². The predicted molar refractivity (Wildman–Crippen MR) is 87.1 cm³/mol. The number of rotatable bonds is 7. The van der Waals surface area contributed by atoms with E-state index in [2.05, 4.69) is 15.3 Å². The average molecular weight is 317 g/mol. The highest BCUT2D eigenvalue weighted by molar-refractivity contribution is 8.00. The third kappa shape index (κ3) is 3.75.